The maximum atomic E-state index is 13.4. The first kappa shape index (κ1) is 16.7. The molecule has 3 saturated heterocycles. The van der Waals surface area contributed by atoms with Gasteiger partial charge in [0.15, 0.2) is 9.74 Å². The van der Waals surface area contributed by atoms with Crippen molar-refractivity contribution in [3.8, 4) is 0 Å². The Morgan fingerprint density at radius 1 is 1.24 bits per heavy atom. The third-order valence-corrected chi connectivity index (χ3v) is 10.1. The summed E-state index contributed by atoms with van der Waals surface area (Å²) in [5.41, 5.74) is 1.14. The molecule has 2 bridgehead atoms. The molecule has 0 saturated carbocycles. The van der Waals surface area contributed by atoms with E-state index in [0.717, 1.165) is 11.1 Å². The monoisotopic (exact) mass is 373 g/mol. The molecule has 4 rings (SSSR count). The van der Waals surface area contributed by atoms with Crippen LogP contribution in [0.5, 0.6) is 0 Å². The lowest BCUT2D eigenvalue weighted by molar-refractivity contribution is -0.159. The van der Waals surface area contributed by atoms with E-state index in [9.17, 15) is 9.59 Å². The van der Waals surface area contributed by atoms with Gasteiger partial charge in [0, 0.05) is 14.0 Å². The van der Waals surface area contributed by atoms with E-state index in [-0.39, 0.29) is 11.8 Å². The van der Waals surface area contributed by atoms with Gasteiger partial charge in [-0.05, 0) is 40.1 Å². The number of carbonyl (C=O) groups is 2. The zero-order valence-corrected chi connectivity index (χ0v) is 16.2. The van der Waals surface area contributed by atoms with Gasteiger partial charge in [-0.2, -0.15) is 0 Å². The van der Waals surface area contributed by atoms with Crippen molar-refractivity contribution in [2.24, 2.45) is 0 Å². The molecule has 1 aromatic carbocycles. The Morgan fingerprint density at radius 2 is 1.84 bits per heavy atom. The quantitative estimate of drug-likeness (QED) is 0.707. The number of hydrogen-bond donors (Lipinski definition) is 0. The fourth-order valence-electron chi connectivity index (χ4n) is 4.56. The highest BCUT2D eigenvalue weighted by Gasteiger charge is 2.82. The number of nitrogens with zero attached hydrogens (tertiary/aromatic N) is 3. The Labute approximate surface area is 154 Å². The molecule has 3 aliphatic heterocycles. The molecule has 2 amide bonds. The summed E-state index contributed by atoms with van der Waals surface area (Å²) >= 11 is 5.76. The van der Waals surface area contributed by atoms with Crippen LogP contribution in [0, 0.1) is 13.5 Å². The van der Waals surface area contributed by atoms with Crippen LogP contribution in [-0.4, -0.2) is 43.9 Å². The van der Waals surface area contributed by atoms with Crippen molar-refractivity contribution in [3.05, 3.63) is 46.8 Å². The zero-order valence-electron chi connectivity index (χ0n) is 14.6. The molecule has 1 aromatic rings. The van der Waals surface area contributed by atoms with Crippen LogP contribution in [0.2, 0.25) is 0 Å². The lowest BCUT2D eigenvalue weighted by atomic mass is 9.87. The number of aryl methyl sites for hydroxylation is 1. The summed E-state index contributed by atoms with van der Waals surface area (Å²) in [5.74, 6) is -0.233. The van der Waals surface area contributed by atoms with E-state index in [1.54, 1.807) is 18.9 Å². The van der Waals surface area contributed by atoms with Gasteiger partial charge in [0.25, 0.3) is 17.4 Å². The van der Waals surface area contributed by atoms with E-state index in [1.807, 2.05) is 38.1 Å². The largest absolute Gasteiger partial charge is 0.320 e. The molecule has 3 heterocycles. The average Bonchev–Trinajstić information content (AvgIpc) is 3.02. The van der Waals surface area contributed by atoms with Crippen molar-refractivity contribution in [2.75, 3.05) is 7.05 Å². The maximum Gasteiger partial charge on any atom is 0.261 e. The minimum Gasteiger partial charge on any atom is -0.320 e. The number of hydrogen-bond acceptors (Lipinski definition) is 3. The standard InChI is InChI=1S/C18H19N3O2S2/c1-11-6-8-12(9-7-11)13-16(2,19-4)10-18-15(23)20(5)17(3,25(18)24)14(22)21(13)18/h6-9,13H,10H2,1-3,5H3/t13?,16-,17?,18?,25?/m0/s1. The highest BCUT2D eigenvalue weighted by Crippen LogP contribution is 2.63. The molecular formula is C18H19N3O2S2. The molecule has 0 aliphatic carbocycles. The maximum absolute atomic E-state index is 13.4. The number of piperazine rings is 1. The van der Waals surface area contributed by atoms with Gasteiger partial charge in [-0.1, -0.05) is 29.8 Å². The Morgan fingerprint density at radius 3 is 2.40 bits per heavy atom. The van der Waals surface area contributed by atoms with Crippen LogP contribution in [0.15, 0.2) is 24.3 Å². The van der Waals surface area contributed by atoms with Gasteiger partial charge in [0.1, 0.15) is 6.04 Å². The van der Waals surface area contributed by atoms with E-state index < -0.39 is 30.8 Å². The first-order valence-corrected chi connectivity index (χ1v) is 10.3. The topological polar surface area (TPSA) is 45.0 Å². The van der Waals surface area contributed by atoms with Gasteiger partial charge in [-0.15, -0.1) is 0 Å². The Balaban J connectivity index is 1.97. The predicted octanol–water partition coefficient (Wildman–Crippen LogP) is 1.92. The summed E-state index contributed by atoms with van der Waals surface area (Å²) in [6, 6.07) is 7.43. The molecule has 5 nitrogen and oxygen atoms in total. The summed E-state index contributed by atoms with van der Waals surface area (Å²) < 4.78 is 0. The lowest BCUT2D eigenvalue weighted by Crippen LogP contribution is -2.60. The molecule has 130 valence electrons. The van der Waals surface area contributed by atoms with Crippen LogP contribution in [0.1, 0.15) is 37.4 Å². The number of carbonyl (C=O) groups excluding carboxylic acids is 2. The average molecular weight is 374 g/mol. The third kappa shape index (κ3) is 1.61. The normalized spacial score (nSPS) is 42.0. The van der Waals surface area contributed by atoms with Gasteiger partial charge in [0.2, 0.25) is 0 Å². The van der Waals surface area contributed by atoms with Crippen molar-refractivity contribution in [3.63, 3.8) is 0 Å². The van der Waals surface area contributed by atoms with E-state index in [4.69, 9.17) is 17.8 Å². The second kappa shape index (κ2) is 4.68. The minimum absolute atomic E-state index is 0.113. The molecule has 7 heteroatoms. The zero-order chi connectivity index (χ0) is 18.4. The summed E-state index contributed by atoms with van der Waals surface area (Å²) in [4.78, 5) is 31.5. The van der Waals surface area contributed by atoms with Crippen LogP contribution < -0.4 is 0 Å². The number of amides is 2. The first-order chi connectivity index (χ1) is 11.6. The highest BCUT2D eigenvalue weighted by molar-refractivity contribution is 8.31. The molecule has 1 spiro atoms. The molecule has 0 N–H and O–H groups in total. The second-order valence-electron chi connectivity index (χ2n) is 7.53. The van der Waals surface area contributed by atoms with E-state index in [2.05, 4.69) is 4.85 Å². The van der Waals surface area contributed by atoms with E-state index in [0.29, 0.717) is 6.42 Å². The smallest absolute Gasteiger partial charge is 0.261 e. The van der Waals surface area contributed by atoms with Crippen molar-refractivity contribution in [1.29, 1.82) is 0 Å². The number of rotatable bonds is 1. The van der Waals surface area contributed by atoms with Crippen molar-refractivity contribution >= 4 is 32.5 Å². The number of benzene rings is 1. The number of fused-ring (bicyclic) bond motifs is 1. The first-order valence-electron chi connectivity index (χ1n) is 8.14. The van der Waals surface area contributed by atoms with Crippen LogP contribution in [0.4, 0.5) is 0 Å². The van der Waals surface area contributed by atoms with Crippen LogP contribution >= 0.6 is 0 Å². The molecule has 0 aromatic heterocycles. The molecule has 5 atom stereocenters. The summed E-state index contributed by atoms with van der Waals surface area (Å²) in [5, 5.41) is 0. The van der Waals surface area contributed by atoms with Gasteiger partial charge < -0.3 is 14.6 Å². The molecule has 4 unspecified atom stereocenters. The summed E-state index contributed by atoms with van der Waals surface area (Å²) in [6.45, 7) is 13.4. The molecule has 3 fully saturated rings. The van der Waals surface area contributed by atoms with Crippen molar-refractivity contribution in [1.82, 2.24) is 9.80 Å². The third-order valence-electron chi connectivity index (χ3n) is 6.04. The van der Waals surface area contributed by atoms with Crippen molar-refractivity contribution in [2.45, 2.75) is 48.5 Å². The van der Waals surface area contributed by atoms with Crippen molar-refractivity contribution < 1.29 is 9.59 Å². The Bertz CT molecular complexity index is 893. The fraction of sp³-hybridized carbons (Fsp3) is 0.500. The summed E-state index contributed by atoms with van der Waals surface area (Å²) in [7, 11) is 0.772. The van der Waals surface area contributed by atoms with Gasteiger partial charge in [-0.25, -0.2) is 6.57 Å². The molecule has 25 heavy (non-hydrogen) atoms. The highest BCUT2D eigenvalue weighted by atomic mass is 32.8. The van der Waals surface area contributed by atoms with Crippen LogP contribution in [-0.2, 0) is 30.2 Å². The van der Waals surface area contributed by atoms with Crippen LogP contribution in [0.25, 0.3) is 4.85 Å². The lowest BCUT2D eigenvalue weighted by Gasteiger charge is -2.38. The number of likely N-dealkylation sites (N-methyl/N-ethyl adjacent to an activating group) is 1. The SMILES string of the molecule is [C-]#[N+][C@@]1(C)CC23C(=O)N(C)C(C)(C(=O)N2C1c1ccc(C)cc1)S3=S. The Kier molecular flexibility index (Phi) is 3.12. The fourth-order valence-corrected chi connectivity index (χ4v) is 8.07. The van der Waals surface area contributed by atoms with Gasteiger partial charge in [0.05, 0.1) is 6.42 Å². The second-order valence-corrected chi connectivity index (χ2v) is 10.5. The summed E-state index contributed by atoms with van der Waals surface area (Å²) in [6.07, 6.45) is 0.305. The van der Waals surface area contributed by atoms with E-state index in [1.165, 1.54) is 4.90 Å². The van der Waals surface area contributed by atoms with Gasteiger partial charge >= 0.3 is 0 Å². The van der Waals surface area contributed by atoms with Crippen LogP contribution in [0.3, 0.4) is 0 Å². The van der Waals surface area contributed by atoms with E-state index >= 15 is 0 Å². The minimum atomic E-state index is -1.05. The molecular weight excluding hydrogens is 354 g/mol. The predicted molar refractivity (Wildman–Crippen MR) is 99.0 cm³/mol. The molecule has 0 radical (unpaired) electrons. The molecule has 3 aliphatic rings. The Hall–Kier alpha value is -1.78. The van der Waals surface area contributed by atoms with Gasteiger partial charge in [-0.3, -0.25) is 9.59 Å².